The minimum atomic E-state index is -1.69. The van der Waals surface area contributed by atoms with Gasteiger partial charge in [0.15, 0.2) is 8.32 Å². The van der Waals surface area contributed by atoms with E-state index in [2.05, 4.69) is 56.5 Å². The first kappa shape index (κ1) is 16.8. The fourth-order valence-corrected chi connectivity index (χ4v) is 2.37. The van der Waals surface area contributed by atoms with Gasteiger partial charge in [-0.1, -0.05) is 43.4 Å². The van der Waals surface area contributed by atoms with E-state index in [0.29, 0.717) is 13.0 Å². The van der Waals surface area contributed by atoms with Crippen LogP contribution in [0.2, 0.25) is 18.1 Å². The summed E-state index contributed by atoms with van der Waals surface area (Å²) >= 11 is 2.06. The Kier molecular flexibility index (Phi) is 7.02. The van der Waals surface area contributed by atoms with E-state index in [4.69, 9.17) is 9.53 Å². The predicted molar refractivity (Wildman–Crippen MR) is 78.7 cm³/mol. The number of aliphatic hydroxyl groups excluding tert-OH is 2. The highest BCUT2D eigenvalue weighted by molar-refractivity contribution is 14.1. The second kappa shape index (κ2) is 6.68. The van der Waals surface area contributed by atoms with Crippen LogP contribution in [0.3, 0.4) is 0 Å². The first-order valence-electron chi connectivity index (χ1n) is 5.69. The van der Waals surface area contributed by atoms with Gasteiger partial charge in [-0.3, -0.25) is 0 Å². The van der Waals surface area contributed by atoms with Crippen molar-refractivity contribution in [3.8, 4) is 0 Å². The van der Waals surface area contributed by atoms with E-state index < -0.39 is 14.4 Å². The van der Waals surface area contributed by atoms with Gasteiger partial charge in [-0.05, 0) is 24.6 Å². The molecule has 0 aromatic rings. The van der Waals surface area contributed by atoms with Crippen LogP contribution in [0.25, 0.3) is 0 Å². The fourth-order valence-electron chi connectivity index (χ4n) is 0.954. The minimum Gasteiger partial charge on any atom is -0.417 e. The summed E-state index contributed by atoms with van der Waals surface area (Å²) < 4.78 is 5.86. The Morgan fingerprint density at radius 2 is 1.81 bits per heavy atom. The maximum absolute atomic E-state index is 9.69. The molecule has 98 valence electrons. The standard InChI is InChI=1S/C11H25IO3Si/c1-11(2,3)16(4,5)15-7-6-10(14)9(12)8-13/h9-10,13-14H,6-8H2,1-5H3/t9-,10+/m0/s1. The second-order valence-corrected chi connectivity index (χ2v) is 12.1. The van der Waals surface area contributed by atoms with Gasteiger partial charge in [-0.25, -0.2) is 0 Å². The summed E-state index contributed by atoms with van der Waals surface area (Å²) in [5, 5.41) is 18.8. The monoisotopic (exact) mass is 360 g/mol. The molecule has 5 heteroatoms. The number of hydrogen-bond donors (Lipinski definition) is 2. The summed E-state index contributed by atoms with van der Waals surface area (Å²) in [6.07, 6.45) is 0.121. The van der Waals surface area contributed by atoms with Crippen molar-refractivity contribution in [1.29, 1.82) is 0 Å². The molecule has 0 unspecified atom stereocenters. The molecular weight excluding hydrogens is 335 g/mol. The van der Waals surface area contributed by atoms with Crippen molar-refractivity contribution >= 4 is 30.9 Å². The lowest BCUT2D eigenvalue weighted by Gasteiger charge is -2.36. The zero-order chi connectivity index (χ0) is 13.0. The van der Waals surface area contributed by atoms with Crippen LogP contribution < -0.4 is 0 Å². The molecule has 0 fully saturated rings. The molecule has 0 aliphatic carbocycles. The smallest absolute Gasteiger partial charge is 0.191 e. The second-order valence-electron chi connectivity index (χ2n) is 5.66. The van der Waals surface area contributed by atoms with E-state index in [1.54, 1.807) is 0 Å². The molecule has 0 rings (SSSR count). The van der Waals surface area contributed by atoms with Crippen molar-refractivity contribution in [2.45, 2.75) is 55.4 Å². The van der Waals surface area contributed by atoms with Gasteiger partial charge < -0.3 is 14.6 Å². The molecule has 2 atom stereocenters. The number of rotatable bonds is 6. The summed E-state index contributed by atoms with van der Waals surface area (Å²) in [6.45, 7) is 11.6. The van der Waals surface area contributed by atoms with Crippen LogP contribution in [0.4, 0.5) is 0 Å². The molecule has 0 saturated heterocycles. The molecule has 3 nitrogen and oxygen atoms in total. The molecule has 0 heterocycles. The van der Waals surface area contributed by atoms with Crippen LogP contribution in [-0.2, 0) is 4.43 Å². The third-order valence-electron chi connectivity index (χ3n) is 3.27. The lowest BCUT2D eigenvalue weighted by molar-refractivity contribution is 0.116. The highest BCUT2D eigenvalue weighted by Gasteiger charge is 2.37. The van der Waals surface area contributed by atoms with E-state index in [-0.39, 0.29) is 15.6 Å². The molecule has 0 saturated carbocycles. The van der Waals surface area contributed by atoms with Crippen LogP contribution >= 0.6 is 22.6 Å². The highest BCUT2D eigenvalue weighted by Crippen LogP contribution is 2.36. The molecule has 0 aromatic heterocycles. The molecule has 16 heavy (non-hydrogen) atoms. The molecule has 0 aliphatic heterocycles. The van der Waals surface area contributed by atoms with Crippen LogP contribution in [0.1, 0.15) is 27.2 Å². The van der Waals surface area contributed by atoms with Crippen molar-refractivity contribution in [1.82, 2.24) is 0 Å². The molecule has 0 spiro atoms. The summed E-state index contributed by atoms with van der Waals surface area (Å²) in [6, 6.07) is 0. The summed E-state index contributed by atoms with van der Waals surface area (Å²) in [7, 11) is -1.69. The molecule has 2 N–H and O–H groups in total. The Balaban J connectivity index is 3.99. The number of hydrogen-bond acceptors (Lipinski definition) is 3. The average Bonchev–Trinajstić information content (AvgIpc) is 2.14. The molecule has 0 amide bonds. The summed E-state index contributed by atoms with van der Waals surface area (Å²) in [5.74, 6) is 0. The third kappa shape index (κ3) is 5.44. The lowest BCUT2D eigenvalue weighted by atomic mass is 10.2. The van der Waals surface area contributed by atoms with Crippen molar-refractivity contribution in [2.24, 2.45) is 0 Å². The van der Waals surface area contributed by atoms with Gasteiger partial charge in [-0.2, -0.15) is 0 Å². The van der Waals surface area contributed by atoms with Crippen LogP contribution in [0.5, 0.6) is 0 Å². The summed E-state index contributed by atoms with van der Waals surface area (Å²) in [5.41, 5.74) is 0. The van der Waals surface area contributed by atoms with Gasteiger partial charge in [0.05, 0.1) is 16.6 Å². The first-order valence-corrected chi connectivity index (χ1v) is 9.84. The van der Waals surface area contributed by atoms with Crippen LogP contribution in [-0.4, -0.2) is 41.8 Å². The van der Waals surface area contributed by atoms with Gasteiger partial charge in [-0.15, -0.1) is 0 Å². The largest absolute Gasteiger partial charge is 0.417 e. The normalized spacial score (nSPS) is 17.2. The molecule has 0 bridgehead atoms. The Hall–Kier alpha value is 0.827. The Morgan fingerprint density at radius 3 is 2.19 bits per heavy atom. The lowest BCUT2D eigenvalue weighted by Crippen LogP contribution is -2.41. The Labute approximate surface area is 114 Å². The number of aliphatic hydroxyl groups is 2. The Bertz CT molecular complexity index is 204. The van der Waals surface area contributed by atoms with Gasteiger partial charge in [0.25, 0.3) is 0 Å². The van der Waals surface area contributed by atoms with Gasteiger partial charge in [0.1, 0.15) is 0 Å². The Morgan fingerprint density at radius 1 is 1.31 bits per heavy atom. The van der Waals surface area contributed by atoms with E-state index in [9.17, 15) is 5.11 Å². The molecular formula is C11H25IO3Si. The summed E-state index contributed by atoms with van der Waals surface area (Å²) in [4.78, 5) is 0. The highest BCUT2D eigenvalue weighted by atomic mass is 127. The SMILES string of the molecule is CC(C)(C)[Si](C)(C)OCC[C@@H](O)[C@@H](I)CO. The maximum Gasteiger partial charge on any atom is 0.191 e. The van der Waals surface area contributed by atoms with E-state index in [1.807, 2.05) is 0 Å². The zero-order valence-electron chi connectivity index (χ0n) is 11.0. The third-order valence-corrected chi connectivity index (χ3v) is 9.04. The van der Waals surface area contributed by atoms with Gasteiger partial charge in [0, 0.05) is 6.61 Å². The molecule has 0 radical (unpaired) electrons. The van der Waals surface area contributed by atoms with Crippen molar-refractivity contribution in [2.75, 3.05) is 13.2 Å². The van der Waals surface area contributed by atoms with Crippen LogP contribution in [0.15, 0.2) is 0 Å². The first-order chi connectivity index (χ1) is 7.12. The predicted octanol–water partition coefficient (Wildman–Crippen LogP) is 2.56. The zero-order valence-corrected chi connectivity index (χ0v) is 14.1. The van der Waals surface area contributed by atoms with Crippen LogP contribution in [0, 0.1) is 0 Å². The van der Waals surface area contributed by atoms with Crippen molar-refractivity contribution < 1.29 is 14.6 Å². The van der Waals surface area contributed by atoms with E-state index in [0.717, 1.165) is 0 Å². The average molecular weight is 360 g/mol. The van der Waals surface area contributed by atoms with Gasteiger partial charge in [0.2, 0.25) is 0 Å². The molecule has 0 aromatic carbocycles. The minimum absolute atomic E-state index is 0.0157. The van der Waals surface area contributed by atoms with E-state index >= 15 is 0 Å². The number of alkyl halides is 1. The van der Waals surface area contributed by atoms with E-state index in [1.165, 1.54) is 0 Å². The van der Waals surface area contributed by atoms with Crippen molar-refractivity contribution in [3.63, 3.8) is 0 Å². The number of halogens is 1. The quantitative estimate of drug-likeness (QED) is 0.435. The molecule has 0 aliphatic rings. The van der Waals surface area contributed by atoms with Crippen molar-refractivity contribution in [3.05, 3.63) is 0 Å². The maximum atomic E-state index is 9.69. The topological polar surface area (TPSA) is 49.7 Å². The fraction of sp³-hybridized carbons (Fsp3) is 1.00. The van der Waals surface area contributed by atoms with Gasteiger partial charge >= 0.3 is 0 Å².